The summed E-state index contributed by atoms with van der Waals surface area (Å²) in [6.45, 7) is 1.96. The molecule has 1 amide bonds. The number of rotatable bonds is 2. The molecule has 2 aromatic rings. The van der Waals surface area contributed by atoms with Gasteiger partial charge < -0.3 is 0 Å². The van der Waals surface area contributed by atoms with Gasteiger partial charge >= 0.3 is 5.91 Å². The zero-order chi connectivity index (χ0) is 14.1. The number of para-hydroxylation sites is 1. The highest BCUT2D eigenvalue weighted by molar-refractivity contribution is 6.72. The Labute approximate surface area is 116 Å². The molecule has 0 spiro atoms. The number of amides is 1. The molecule has 0 unspecified atom stereocenters. The SMILES string of the molecule is Cc1ccc(C2=NN(c3ccccc3)C(=O)C2=O)cc1. The Balaban J connectivity index is 2.02. The molecule has 0 aliphatic carbocycles. The smallest absolute Gasteiger partial charge is 0.281 e. The third-order valence-corrected chi connectivity index (χ3v) is 3.13. The molecule has 20 heavy (non-hydrogen) atoms. The van der Waals surface area contributed by atoms with Crippen LogP contribution < -0.4 is 5.01 Å². The Morgan fingerprint density at radius 2 is 1.55 bits per heavy atom. The zero-order valence-corrected chi connectivity index (χ0v) is 10.9. The Hall–Kier alpha value is -2.75. The molecule has 0 fully saturated rings. The minimum atomic E-state index is -0.619. The minimum Gasteiger partial charge on any atom is -0.281 e. The Bertz CT molecular complexity index is 703. The van der Waals surface area contributed by atoms with Crippen LogP contribution in [0.15, 0.2) is 59.7 Å². The molecule has 0 aromatic heterocycles. The van der Waals surface area contributed by atoms with Crippen molar-refractivity contribution in [3.05, 3.63) is 65.7 Å². The number of hydrazone groups is 1. The molecule has 0 atom stereocenters. The predicted molar refractivity (Wildman–Crippen MR) is 76.7 cm³/mol. The van der Waals surface area contributed by atoms with E-state index in [0.29, 0.717) is 11.3 Å². The Morgan fingerprint density at radius 3 is 2.20 bits per heavy atom. The fourth-order valence-corrected chi connectivity index (χ4v) is 2.03. The summed E-state index contributed by atoms with van der Waals surface area (Å²) in [6.07, 6.45) is 0. The fraction of sp³-hybridized carbons (Fsp3) is 0.0625. The van der Waals surface area contributed by atoms with Crippen molar-refractivity contribution in [1.82, 2.24) is 0 Å². The molecule has 0 bridgehead atoms. The van der Waals surface area contributed by atoms with Crippen molar-refractivity contribution >= 4 is 23.1 Å². The molecule has 3 rings (SSSR count). The standard InChI is InChI=1S/C16H12N2O2/c1-11-7-9-12(10-8-11)14-15(19)16(20)18(17-14)13-5-3-2-4-6-13/h2-10H,1H3. The third-order valence-electron chi connectivity index (χ3n) is 3.13. The lowest BCUT2D eigenvalue weighted by Crippen LogP contribution is -2.27. The van der Waals surface area contributed by atoms with Crippen molar-refractivity contribution in [2.75, 3.05) is 5.01 Å². The average Bonchev–Trinajstić information content (AvgIpc) is 2.77. The van der Waals surface area contributed by atoms with Crippen LogP contribution in [0.25, 0.3) is 0 Å². The summed E-state index contributed by atoms with van der Waals surface area (Å²) in [5, 5.41) is 5.32. The fourth-order valence-electron chi connectivity index (χ4n) is 2.03. The van der Waals surface area contributed by atoms with Crippen molar-refractivity contribution < 1.29 is 9.59 Å². The van der Waals surface area contributed by atoms with Crippen LogP contribution in [0.4, 0.5) is 5.69 Å². The van der Waals surface area contributed by atoms with Crippen LogP contribution in [0, 0.1) is 6.92 Å². The third kappa shape index (κ3) is 2.01. The van der Waals surface area contributed by atoms with Crippen LogP contribution in [0.2, 0.25) is 0 Å². The maximum atomic E-state index is 12.1. The summed E-state index contributed by atoms with van der Waals surface area (Å²) in [4.78, 5) is 24.1. The molecular weight excluding hydrogens is 252 g/mol. The van der Waals surface area contributed by atoms with Gasteiger partial charge in [0.1, 0.15) is 5.71 Å². The monoisotopic (exact) mass is 264 g/mol. The normalized spacial score (nSPS) is 14.7. The first-order chi connectivity index (χ1) is 9.66. The number of Topliss-reactive ketones (excluding diaryl/α,β-unsaturated/α-hetero) is 1. The number of hydrogen-bond donors (Lipinski definition) is 0. The maximum absolute atomic E-state index is 12.1. The first kappa shape index (κ1) is 12.3. The van der Waals surface area contributed by atoms with E-state index in [2.05, 4.69) is 5.10 Å². The van der Waals surface area contributed by atoms with Crippen molar-refractivity contribution in [1.29, 1.82) is 0 Å². The van der Waals surface area contributed by atoms with E-state index >= 15 is 0 Å². The second kappa shape index (κ2) is 4.74. The number of benzene rings is 2. The molecule has 0 N–H and O–H groups in total. The topological polar surface area (TPSA) is 49.7 Å². The van der Waals surface area contributed by atoms with E-state index < -0.39 is 11.7 Å². The van der Waals surface area contributed by atoms with Crippen molar-refractivity contribution in [3.63, 3.8) is 0 Å². The Morgan fingerprint density at radius 1 is 0.900 bits per heavy atom. The van der Waals surface area contributed by atoms with E-state index in [9.17, 15) is 9.59 Å². The molecule has 0 saturated carbocycles. The van der Waals surface area contributed by atoms with Crippen LogP contribution in [-0.2, 0) is 9.59 Å². The van der Waals surface area contributed by atoms with Gasteiger partial charge in [-0.25, -0.2) is 0 Å². The summed E-state index contributed by atoms with van der Waals surface area (Å²) in [6, 6.07) is 16.3. The highest BCUT2D eigenvalue weighted by Crippen LogP contribution is 2.20. The molecule has 1 aliphatic heterocycles. The van der Waals surface area contributed by atoms with Gasteiger partial charge in [-0.3, -0.25) is 9.59 Å². The van der Waals surface area contributed by atoms with Gasteiger partial charge in [0.05, 0.1) is 5.69 Å². The van der Waals surface area contributed by atoms with E-state index in [0.717, 1.165) is 10.6 Å². The first-order valence-corrected chi connectivity index (χ1v) is 6.26. The molecular formula is C16H12N2O2. The number of ketones is 1. The quantitative estimate of drug-likeness (QED) is 0.781. The van der Waals surface area contributed by atoms with Gasteiger partial charge in [0.15, 0.2) is 0 Å². The molecule has 4 heteroatoms. The molecule has 98 valence electrons. The first-order valence-electron chi connectivity index (χ1n) is 6.26. The van der Waals surface area contributed by atoms with E-state index in [1.54, 1.807) is 36.4 Å². The summed E-state index contributed by atoms with van der Waals surface area (Å²) < 4.78 is 0. The van der Waals surface area contributed by atoms with E-state index in [1.165, 1.54) is 0 Å². The summed E-state index contributed by atoms with van der Waals surface area (Å²) in [5.74, 6) is -1.19. The lowest BCUT2D eigenvalue weighted by Gasteiger charge is -2.09. The van der Waals surface area contributed by atoms with Gasteiger partial charge in [-0.15, -0.1) is 0 Å². The summed E-state index contributed by atoms with van der Waals surface area (Å²) >= 11 is 0. The lowest BCUT2D eigenvalue weighted by atomic mass is 10.1. The maximum Gasteiger partial charge on any atom is 0.321 e. The second-order valence-electron chi connectivity index (χ2n) is 4.60. The molecule has 0 radical (unpaired) electrons. The van der Waals surface area contributed by atoms with Gasteiger partial charge in [-0.1, -0.05) is 48.0 Å². The van der Waals surface area contributed by atoms with E-state index in [1.807, 2.05) is 25.1 Å². The van der Waals surface area contributed by atoms with Crippen LogP contribution in [0.1, 0.15) is 11.1 Å². The highest BCUT2D eigenvalue weighted by atomic mass is 16.2. The molecule has 1 heterocycles. The van der Waals surface area contributed by atoms with E-state index in [-0.39, 0.29) is 5.71 Å². The number of nitrogens with zero attached hydrogens (tertiary/aromatic N) is 2. The molecule has 1 aliphatic rings. The average molecular weight is 264 g/mol. The second-order valence-corrected chi connectivity index (χ2v) is 4.60. The van der Waals surface area contributed by atoms with Gasteiger partial charge in [0.25, 0.3) is 5.78 Å². The van der Waals surface area contributed by atoms with Crippen molar-refractivity contribution in [3.8, 4) is 0 Å². The van der Waals surface area contributed by atoms with Gasteiger partial charge in [0, 0.05) is 5.56 Å². The highest BCUT2D eigenvalue weighted by Gasteiger charge is 2.35. The van der Waals surface area contributed by atoms with E-state index in [4.69, 9.17) is 0 Å². The van der Waals surface area contributed by atoms with Crippen LogP contribution in [-0.4, -0.2) is 17.4 Å². The summed E-state index contributed by atoms with van der Waals surface area (Å²) in [5.41, 5.74) is 2.53. The Kier molecular flexibility index (Phi) is 2.91. The largest absolute Gasteiger partial charge is 0.321 e. The molecule has 2 aromatic carbocycles. The molecule has 4 nitrogen and oxygen atoms in total. The van der Waals surface area contributed by atoms with Crippen LogP contribution >= 0.6 is 0 Å². The number of carbonyl (C=O) groups is 2. The van der Waals surface area contributed by atoms with Crippen LogP contribution in [0.3, 0.4) is 0 Å². The number of aryl methyl sites for hydroxylation is 1. The molecule has 0 saturated heterocycles. The lowest BCUT2D eigenvalue weighted by molar-refractivity contribution is -0.131. The van der Waals surface area contributed by atoms with Gasteiger partial charge in [-0.05, 0) is 19.1 Å². The van der Waals surface area contributed by atoms with Crippen LogP contribution in [0.5, 0.6) is 0 Å². The van der Waals surface area contributed by atoms with Gasteiger partial charge in [0.2, 0.25) is 0 Å². The van der Waals surface area contributed by atoms with Crippen molar-refractivity contribution in [2.24, 2.45) is 5.10 Å². The van der Waals surface area contributed by atoms with Crippen molar-refractivity contribution in [2.45, 2.75) is 6.92 Å². The summed E-state index contributed by atoms with van der Waals surface area (Å²) in [7, 11) is 0. The number of hydrogen-bond acceptors (Lipinski definition) is 3. The number of anilines is 1. The predicted octanol–water partition coefficient (Wildman–Crippen LogP) is 2.32. The number of carbonyl (C=O) groups excluding carboxylic acids is 2. The zero-order valence-electron chi connectivity index (χ0n) is 10.9. The van der Waals surface area contributed by atoms with Gasteiger partial charge in [-0.2, -0.15) is 10.1 Å². The minimum absolute atomic E-state index is 0.193.